The van der Waals surface area contributed by atoms with Gasteiger partial charge < -0.3 is 5.32 Å². The lowest BCUT2D eigenvalue weighted by Crippen LogP contribution is -2.26. The number of hydrogen-bond donors (Lipinski definition) is 1. The molecule has 0 aliphatic rings. The van der Waals surface area contributed by atoms with Gasteiger partial charge in [0.05, 0.1) is 5.56 Å². The van der Waals surface area contributed by atoms with E-state index in [0.717, 1.165) is 4.90 Å². The van der Waals surface area contributed by atoms with E-state index in [1.54, 1.807) is 36.5 Å². The van der Waals surface area contributed by atoms with Gasteiger partial charge in [-0.3, -0.25) is 4.79 Å². The van der Waals surface area contributed by atoms with Crippen LogP contribution in [0.3, 0.4) is 0 Å². The van der Waals surface area contributed by atoms with Crippen molar-refractivity contribution in [2.45, 2.75) is 30.2 Å². The Kier molecular flexibility index (Phi) is 6.24. The summed E-state index contributed by atoms with van der Waals surface area (Å²) in [6, 6.07) is 16.3. The highest BCUT2D eigenvalue weighted by atomic mass is 32.2. The number of nitrogens with one attached hydrogen (secondary N) is 1. The highest BCUT2D eigenvalue weighted by Gasteiger charge is 2.13. The number of rotatable bonds is 6. The predicted molar refractivity (Wildman–Crippen MR) is 107 cm³/mol. The van der Waals surface area contributed by atoms with E-state index in [0.29, 0.717) is 29.1 Å². The molecule has 0 radical (unpaired) electrons. The molecule has 2 aromatic carbocycles. The van der Waals surface area contributed by atoms with Gasteiger partial charge >= 0.3 is 0 Å². The number of carbonyl (C=O) groups excluding carboxylic acids is 1. The fourth-order valence-corrected chi connectivity index (χ4v) is 3.62. The summed E-state index contributed by atoms with van der Waals surface area (Å²) < 4.78 is 13.7. The minimum Gasteiger partial charge on any atom is -0.352 e. The minimum atomic E-state index is -0.251. The van der Waals surface area contributed by atoms with Gasteiger partial charge in [-0.05, 0) is 67.3 Å². The summed E-state index contributed by atoms with van der Waals surface area (Å²) >= 11 is 1.47. The van der Waals surface area contributed by atoms with E-state index < -0.39 is 0 Å². The van der Waals surface area contributed by atoms with Crippen LogP contribution < -0.4 is 5.32 Å². The molecule has 3 aromatic rings. The third-order valence-corrected chi connectivity index (χ3v) is 5.35. The predicted octanol–water partition coefficient (Wildman–Crippen LogP) is 4.96. The van der Waals surface area contributed by atoms with Crippen LogP contribution >= 0.6 is 11.8 Å². The van der Waals surface area contributed by atoms with Gasteiger partial charge in [0.2, 0.25) is 0 Å². The lowest BCUT2D eigenvalue weighted by molar-refractivity contribution is 0.0950. The Morgan fingerprint density at radius 1 is 1.07 bits per heavy atom. The molecule has 1 amide bonds. The van der Waals surface area contributed by atoms with Crippen molar-refractivity contribution in [2.24, 2.45) is 0 Å². The highest BCUT2D eigenvalue weighted by molar-refractivity contribution is 7.99. The van der Waals surface area contributed by atoms with Crippen molar-refractivity contribution < 1.29 is 9.18 Å². The first-order valence-corrected chi connectivity index (χ1v) is 9.58. The first kappa shape index (κ1) is 19.1. The van der Waals surface area contributed by atoms with Gasteiger partial charge in [0.1, 0.15) is 10.8 Å². The number of hydrogen-bond acceptors (Lipinski definition) is 3. The highest BCUT2D eigenvalue weighted by Crippen LogP contribution is 2.29. The van der Waals surface area contributed by atoms with E-state index in [1.165, 1.54) is 29.0 Å². The fraction of sp³-hybridized carbons (Fsp3) is 0.182. The summed E-state index contributed by atoms with van der Waals surface area (Å²) in [5.74, 6) is -0.454. The van der Waals surface area contributed by atoms with Gasteiger partial charge in [-0.1, -0.05) is 36.0 Å². The first-order valence-electron chi connectivity index (χ1n) is 8.76. The molecular formula is C22H21FN2OS. The number of benzene rings is 2. The Morgan fingerprint density at radius 2 is 1.89 bits per heavy atom. The summed E-state index contributed by atoms with van der Waals surface area (Å²) in [6.45, 7) is 4.50. The van der Waals surface area contributed by atoms with Crippen LogP contribution in [-0.4, -0.2) is 17.4 Å². The molecule has 0 aliphatic heterocycles. The molecular weight excluding hydrogens is 359 g/mol. The van der Waals surface area contributed by atoms with Crippen LogP contribution in [0.25, 0.3) is 0 Å². The molecule has 138 valence electrons. The van der Waals surface area contributed by atoms with Crippen LogP contribution in [0.2, 0.25) is 0 Å². The standard InChI is InChI=1S/C22H21FN2OS/c1-15-9-10-18(14-16(15)2)27-22-19(7-5-12-25-22)21(26)24-13-11-17-6-3-4-8-20(17)23/h3-10,12,14H,11,13H2,1-2H3,(H,24,26). The van der Waals surface area contributed by atoms with Crippen molar-refractivity contribution in [3.05, 3.63) is 88.9 Å². The quantitative estimate of drug-likeness (QED) is 0.657. The molecule has 3 nitrogen and oxygen atoms in total. The second kappa shape index (κ2) is 8.82. The first-order chi connectivity index (χ1) is 13.0. The molecule has 27 heavy (non-hydrogen) atoms. The number of pyridine rings is 1. The minimum absolute atomic E-state index is 0.203. The SMILES string of the molecule is Cc1ccc(Sc2ncccc2C(=O)NCCc2ccccc2F)cc1C. The van der Waals surface area contributed by atoms with Crippen LogP contribution in [0.1, 0.15) is 27.0 Å². The van der Waals surface area contributed by atoms with Gasteiger partial charge in [-0.15, -0.1) is 0 Å². The van der Waals surface area contributed by atoms with E-state index in [2.05, 4.69) is 36.3 Å². The van der Waals surface area contributed by atoms with Gasteiger partial charge in [-0.25, -0.2) is 9.37 Å². The van der Waals surface area contributed by atoms with Crippen molar-refractivity contribution in [2.75, 3.05) is 6.54 Å². The molecule has 3 rings (SSSR count). The average molecular weight is 380 g/mol. The van der Waals surface area contributed by atoms with Gasteiger partial charge in [0.25, 0.3) is 5.91 Å². The van der Waals surface area contributed by atoms with Gasteiger partial charge in [-0.2, -0.15) is 0 Å². The normalized spacial score (nSPS) is 10.6. The molecule has 5 heteroatoms. The summed E-state index contributed by atoms with van der Waals surface area (Å²) in [6.07, 6.45) is 2.12. The van der Waals surface area contributed by atoms with Crippen molar-refractivity contribution >= 4 is 17.7 Å². The number of aromatic nitrogens is 1. The summed E-state index contributed by atoms with van der Waals surface area (Å²) in [5.41, 5.74) is 3.54. The largest absolute Gasteiger partial charge is 0.352 e. The molecule has 0 fully saturated rings. The molecule has 1 N–H and O–H groups in total. The Bertz CT molecular complexity index is 959. The molecule has 0 saturated carbocycles. The van der Waals surface area contributed by atoms with Crippen LogP contribution in [0.5, 0.6) is 0 Å². The Labute approximate surface area is 163 Å². The summed E-state index contributed by atoms with van der Waals surface area (Å²) in [4.78, 5) is 18.0. The van der Waals surface area contributed by atoms with Gasteiger partial charge in [0, 0.05) is 17.6 Å². The monoisotopic (exact) mass is 380 g/mol. The van der Waals surface area contributed by atoms with Crippen LogP contribution in [-0.2, 0) is 6.42 Å². The summed E-state index contributed by atoms with van der Waals surface area (Å²) in [5, 5.41) is 3.52. The van der Waals surface area contributed by atoms with Gasteiger partial charge in [0.15, 0.2) is 0 Å². The smallest absolute Gasteiger partial charge is 0.254 e. The fourth-order valence-electron chi connectivity index (χ4n) is 2.64. The maximum absolute atomic E-state index is 13.7. The number of nitrogens with zero attached hydrogens (tertiary/aromatic N) is 1. The van der Waals surface area contributed by atoms with Crippen molar-refractivity contribution in [1.82, 2.24) is 10.3 Å². The van der Waals surface area contributed by atoms with E-state index in [1.807, 2.05) is 6.07 Å². The lowest BCUT2D eigenvalue weighted by Gasteiger charge is -2.10. The van der Waals surface area contributed by atoms with Crippen molar-refractivity contribution in [1.29, 1.82) is 0 Å². The molecule has 0 bridgehead atoms. The zero-order valence-corrected chi connectivity index (χ0v) is 16.1. The van der Waals surface area contributed by atoms with E-state index in [9.17, 15) is 9.18 Å². The lowest BCUT2D eigenvalue weighted by atomic mass is 10.1. The maximum Gasteiger partial charge on any atom is 0.254 e. The number of halogens is 1. The Hall–Kier alpha value is -2.66. The second-order valence-electron chi connectivity index (χ2n) is 6.30. The topological polar surface area (TPSA) is 42.0 Å². The van der Waals surface area contributed by atoms with Crippen molar-refractivity contribution in [3.63, 3.8) is 0 Å². The molecule has 0 spiro atoms. The molecule has 0 unspecified atom stereocenters. The zero-order chi connectivity index (χ0) is 19.2. The Balaban J connectivity index is 1.68. The third kappa shape index (κ3) is 4.95. The average Bonchev–Trinajstić information content (AvgIpc) is 2.66. The van der Waals surface area contributed by atoms with Crippen LogP contribution in [0.4, 0.5) is 4.39 Å². The third-order valence-electron chi connectivity index (χ3n) is 4.35. The molecule has 1 aromatic heterocycles. The molecule has 0 aliphatic carbocycles. The molecule has 0 saturated heterocycles. The number of carbonyl (C=O) groups is 1. The molecule has 1 heterocycles. The van der Waals surface area contributed by atoms with E-state index in [-0.39, 0.29) is 11.7 Å². The molecule has 0 atom stereocenters. The van der Waals surface area contributed by atoms with Crippen LogP contribution in [0, 0.1) is 19.7 Å². The number of aryl methyl sites for hydroxylation is 2. The van der Waals surface area contributed by atoms with Crippen LogP contribution in [0.15, 0.2) is 70.7 Å². The maximum atomic E-state index is 13.7. The van der Waals surface area contributed by atoms with E-state index >= 15 is 0 Å². The van der Waals surface area contributed by atoms with Crippen molar-refractivity contribution in [3.8, 4) is 0 Å². The Morgan fingerprint density at radius 3 is 2.67 bits per heavy atom. The summed E-state index contributed by atoms with van der Waals surface area (Å²) in [7, 11) is 0. The number of amides is 1. The zero-order valence-electron chi connectivity index (χ0n) is 15.3. The second-order valence-corrected chi connectivity index (χ2v) is 7.36. The van der Waals surface area contributed by atoms with E-state index in [4.69, 9.17) is 0 Å².